The van der Waals surface area contributed by atoms with Gasteiger partial charge in [0.15, 0.2) is 0 Å². The van der Waals surface area contributed by atoms with Gasteiger partial charge in [0.25, 0.3) is 0 Å². The topological polar surface area (TPSA) is 29.9 Å². The van der Waals surface area contributed by atoms with Crippen LogP contribution in [0, 0.1) is 5.82 Å². The molecule has 0 unspecified atom stereocenters. The fraction of sp³-hybridized carbons (Fsp3) is 0.357. The van der Waals surface area contributed by atoms with Gasteiger partial charge in [-0.25, -0.2) is 9.37 Å². The molecule has 0 atom stereocenters. The van der Waals surface area contributed by atoms with Crippen LogP contribution in [-0.2, 0) is 13.1 Å². The normalized spacial score (nSPS) is 14.8. The van der Waals surface area contributed by atoms with Crippen LogP contribution in [0.15, 0.2) is 30.7 Å². The molecule has 1 aromatic heterocycles. The average Bonchev–Trinajstić information content (AvgIpc) is 3.12. The van der Waals surface area contributed by atoms with Crippen LogP contribution in [0.2, 0.25) is 5.02 Å². The van der Waals surface area contributed by atoms with Crippen molar-refractivity contribution < 1.29 is 4.39 Å². The van der Waals surface area contributed by atoms with E-state index < -0.39 is 0 Å². The Morgan fingerprint density at radius 2 is 2.26 bits per heavy atom. The smallest absolute Gasteiger partial charge is 0.141 e. The predicted octanol–water partition coefficient (Wildman–Crippen LogP) is 2.98. The van der Waals surface area contributed by atoms with Crippen LogP contribution in [0.5, 0.6) is 0 Å². The van der Waals surface area contributed by atoms with Crippen LogP contribution in [0.4, 0.5) is 4.39 Å². The number of nitrogens with one attached hydrogen (secondary N) is 1. The molecular formula is C14H15ClFN3. The SMILES string of the molecule is Fc1ccc(Cn2cncc2CNC2CC2)cc1Cl. The Balaban J connectivity index is 1.71. The first-order valence-corrected chi connectivity index (χ1v) is 6.76. The van der Waals surface area contributed by atoms with Gasteiger partial charge < -0.3 is 9.88 Å². The summed E-state index contributed by atoms with van der Waals surface area (Å²) < 4.78 is 15.2. The van der Waals surface area contributed by atoms with Gasteiger partial charge in [0.05, 0.1) is 17.0 Å². The Morgan fingerprint density at radius 1 is 1.42 bits per heavy atom. The van der Waals surface area contributed by atoms with Crippen molar-refractivity contribution in [3.05, 3.63) is 52.8 Å². The number of aromatic nitrogens is 2. The highest BCUT2D eigenvalue weighted by Crippen LogP contribution is 2.20. The predicted molar refractivity (Wildman–Crippen MR) is 72.6 cm³/mol. The Hall–Kier alpha value is -1.39. The molecule has 0 spiro atoms. The van der Waals surface area contributed by atoms with Crippen molar-refractivity contribution in [2.24, 2.45) is 0 Å². The molecular weight excluding hydrogens is 265 g/mol. The summed E-state index contributed by atoms with van der Waals surface area (Å²) in [5, 5.41) is 3.62. The number of rotatable bonds is 5. The average molecular weight is 280 g/mol. The molecule has 0 saturated heterocycles. The van der Waals surface area contributed by atoms with Crippen molar-refractivity contribution in [2.75, 3.05) is 0 Å². The molecule has 0 bridgehead atoms. The fourth-order valence-electron chi connectivity index (χ4n) is 2.01. The van der Waals surface area contributed by atoms with E-state index in [1.54, 1.807) is 18.5 Å². The first-order valence-electron chi connectivity index (χ1n) is 6.38. The lowest BCUT2D eigenvalue weighted by Gasteiger charge is -2.09. The van der Waals surface area contributed by atoms with E-state index in [9.17, 15) is 4.39 Å². The quantitative estimate of drug-likeness (QED) is 0.912. The molecule has 19 heavy (non-hydrogen) atoms. The number of imidazole rings is 1. The lowest BCUT2D eigenvalue weighted by atomic mass is 10.2. The Morgan fingerprint density at radius 3 is 3.00 bits per heavy atom. The van der Waals surface area contributed by atoms with Crippen LogP contribution in [0.1, 0.15) is 24.1 Å². The summed E-state index contributed by atoms with van der Waals surface area (Å²) in [5.41, 5.74) is 2.10. The van der Waals surface area contributed by atoms with Crippen molar-refractivity contribution in [1.29, 1.82) is 0 Å². The summed E-state index contributed by atoms with van der Waals surface area (Å²) in [6, 6.07) is 5.48. The zero-order chi connectivity index (χ0) is 13.2. The van der Waals surface area contributed by atoms with E-state index in [1.165, 1.54) is 18.9 Å². The Labute approximate surface area is 116 Å². The summed E-state index contributed by atoms with van der Waals surface area (Å²) >= 11 is 5.79. The maximum atomic E-state index is 13.1. The minimum atomic E-state index is -0.383. The molecule has 0 amide bonds. The molecule has 100 valence electrons. The molecule has 1 aliphatic rings. The van der Waals surface area contributed by atoms with Gasteiger partial charge in [-0.2, -0.15) is 0 Å². The van der Waals surface area contributed by atoms with Gasteiger partial charge in [-0.05, 0) is 30.5 Å². The van der Waals surface area contributed by atoms with E-state index in [0.717, 1.165) is 17.8 Å². The van der Waals surface area contributed by atoms with Gasteiger partial charge in [0.1, 0.15) is 5.82 Å². The zero-order valence-corrected chi connectivity index (χ0v) is 11.2. The van der Waals surface area contributed by atoms with Crippen molar-refractivity contribution in [1.82, 2.24) is 14.9 Å². The molecule has 2 aromatic rings. The first kappa shape index (κ1) is 12.6. The van der Waals surface area contributed by atoms with Gasteiger partial charge >= 0.3 is 0 Å². The van der Waals surface area contributed by atoms with E-state index in [-0.39, 0.29) is 10.8 Å². The zero-order valence-electron chi connectivity index (χ0n) is 10.4. The first-order chi connectivity index (χ1) is 9.22. The van der Waals surface area contributed by atoms with Crippen LogP contribution < -0.4 is 5.32 Å². The molecule has 3 rings (SSSR count). The molecule has 1 aromatic carbocycles. The van der Waals surface area contributed by atoms with Gasteiger partial charge in [-0.1, -0.05) is 17.7 Å². The number of hydrogen-bond acceptors (Lipinski definition) is 2. The highest BCUT2D eigenvalue weighted by molar-refractivity contribution is 6.30. The summed E-state index contributed by atoms with van der Waals surface area (Å²) in [6.07, 6.45) is 6.19. The standard InChI is InChI=1S/C14H15ClFN3/c15-13-5-10(1-4-14(13)16)8-19-9-17-6-12(19)7-18-11-2-3-11/h1,4-6,9,11,18H,2-3,7-8H2. The number of nitrogens with zero attached hydrogens (tertiary/aromatic N) is 2. The molecule has 1 aliphatic carbocycles. The van der Waals surface area contributed by atoms with E-state index in [2.05, 4.69) is 14.9 Å². The molecule has 1 fully saturated rings. The van der Waals surface area contributed by atoms with E-state index >= 15 is 0 Å². The molecule has 3 nitrogen and oxygen atoms in total. The maximum Gasteiger partial charge on any atom is 0.141 e. The van der Waals surface area contributed by atoms with Gasteiger partial charge in [-0.3, -0.25) is 0 Å². The summed E-state index contributed by atoms with van der Waals surface area (Å²) in [7, 11) is 0. The van der Waals surface area contributed by atoms with Crippen molar-refractivity contribution in [3.63, 3.8) is 0 Å². The van der Waals surface area contributed by atoms with Crippen molar-refractivity contribution in [2.45, 2.75) is 32.0 Å². The molecule has 5 heteroatoms. The molecule has 1 saturated carbocycles. The van der Waals surface area contributed by atoms with E-state index in [1.807, 2.05) is 6.20 Å². The largest absolute Gasteiger partial charge is 0.329 e. The van der Waals surface area contributed by atoms with Gasteiger partial charge in [0, 0.05) is 25.3 Å². The minimum Gasteiger partial charge on any atom is -0.329 e. The number of hydrogen-bond donors (Lipinski definition) is 1. The minimum absolute atomic E-state index is 0.162. The molecule has 1 N–H and O–H groups in total. The number of halogens is 2. The van der Waals surface area contributed by atoms with Crippen molar-refractivity contribution in [3.8, 4) is 0 Å². The van der Waals surface area contributed by atoms with Crippen LogP contribution in [-0.4, -0.2) is 15.6 Å². The van der Waals surface area contributed by atoms with Crippen LogP contribution in [0.25, 0.3) is 0 Å². The van der Waals surface area contributed by atoms with E-state index in [4.69, 9.17) is 11.6 Å². The highest BCUT2D eigenvalue weighted by Gasteiger charge is 2.20. The number of benzene rings is 1. The lowest BCUT2D eigenvalue weighted by Crippen LogP contribution is -2.18. The monoisotopic (exact) mass is 279 g/mol. The third-order valence-electron chi connectivity index (χ3n) is 3.28. The summed E-state index contributed by atoms with van der Waals surface area (Å²) in [5.74, 6) is -0.383. The summed E-state index contributed by atoms with van der Waals surface area (Å²) in [6.45, 7) is 1.47. The van der Waals surface area contributed by atoms with Gasteiger partial charge in [0.2, 0.25) is 0 Å². The fourth-order valence-corrected chi connectivity index (χ4v) is 2.21. The maximum absolute atomic E-state index is 13.1. The Kier molecular flexibility index (Phi) is 3.53. The summed E-state index contributed by atoms with van der Waals surface area (Å²) in [4.78, 5) is 4.17. The Bertz CT molecular complexity index is 578. The third kappa shape index (κ3) is 3.14. The second-order valence-corrected chi connectivity index (χ2v) is 5.32. The molecule has 0 aliphatic heterocycles. The van der Waals surface area contributed by atoms with Crippen molar-refractivity contribution >= 4 is 11.6 Å². The second kappa shape index (κ2) is 5.31. The lowest BCUT2D eigenvalue weighted by molar-refractivity contribution is 0.622. The third-order valence-corrected chi connectivity index (χ3v) is 3.57. The highest BCUT2D eigenvalue weighted by atomic mass is 35.5. The van der Waals surface area contributed by atoms with Crippen LogP contribution >= 0.6 is 11.6 Å². The van der Waals surface area contributed by atoms with Crippen LogP contribution in [0.3, 0.4) is 0 Å². The molecule has 0 radical (unpaired) electrons. The van der Waals surface area contributed by atoms with Gasteiger partial charge in [-0.15, -0.1) is 0 Å². The second-order valence-electron chi connectivity index (χ2n) is 4.92. The van der Waals surface area contributed by atoms with E-state index in [0.29, 0.717) is 12.6 Å². The molecule has 1 heterocycles.